The zero-order valence-corrected chi connectivity index (χ0v) is 13.4. The maximum absolute atomic E-state index is 11.6. The quantitative estimate of drug-likeness (QED) is 0.660. The zero-order valence-electron chi connectivity index (χ0n) is 12.6. The van der Waals surface area contributed by atoms with E-state index in [1.54, 1.807) is 31.2 Å². The predicted molar refractivity (Wildman–Crippen MR) is 93.4 cm³/mol. The molecule has 0 amide bonds. The van der Waals surface area contributed by atoms with E-state index in [-0.39, 0.29) is 5.97 Å². The molecule has 0 unspecified atom stereocenters. The second-order valence-electron chi connectivity index (χ2n) is 4.75. The lowest BCUT2D eigenvalue weighted by molar-refractivity contribution is 0.0526. The lowest BCUT2D eigenvalue weighted by Crippen LogP contribution is -2.19. The van der Waals surface area contributed by atoms with Crippen molar-refractivity contribution in [1.82, 2.24) is 0 Å². The monoisotopic (exact) mass is 314 g/mol. The molecule has 0 aliphatic carbocycles. The van der Waals surface area contributed by atoms with Crippen LogP contribution in [0.25, 0.3) is 0 Å². The van der Waals surface area contributed by atoms with Gasteiger partial charge in [-0.25, -0.2) is 4.79 Å². The second-order valence-corrected chi connectivity index (χ2v) is 5.15. The molecule has 0 saturated heterocycles. The maximum Gasteiger partial charge on any atom is 0.338 e. The number of esters is 1. The Morgan fingerprint density at radius 3 is 2.41 bits per heavy atom. The summed E-state index contributed by atoms with van der Waals surface area (Å²) in [6.45, 7) is 4.17. The first-order chi connectivity index (χ1) is 10.6. The van der Waals surface area contributed by atoms with Gasteiger partial charge in [-0.15, -0.1) is 0 Å². The van der Waals surface area contributed by atoms with Gasteiger partial charge in [0.25, 0.3) is 0 Å². The van der Waals surface area contributed by atoms with Crippen LogP contribution in [0.4, 0.5) is 11.4 Å². The number of carbonyl (C=O) groups is 1. The van der Waals surface area contributed by atoms with Gasteiger partial charge in [0.15, 0.2) is 5.11 Å². The number of aryl methyl sites for hydroxylation is 1. The summed E-state index contributed by atoms with van der Waals surface area (Å²) in [5.41, 5.74) is 3.41. The highest BCUT2D eigenvalue weighted by Gasteiger charge is 2.06. The van der Waals surface area contributed by atoms with Crippen LogP contribution in [-0.4, -0.2) is 17.7 Å². The molecule has 2 aromatic rings. The molecule has 0 aliphatic rings. The smallest absolute Gasteiger partial charge is 0.338 e. The molecule has 0 fully saturated rings. The molecular formula is C17H18N2O2S. The van der Waals surface area contributed by atoms with E-state index in [2.05, 4.69) is 10.6 Å². The van der Waals surface area contributed by atoms with Crippen LogP contribution in [0.15, 0.2) is 48.5 Å². The lowest BCUT2D eigenvalue weighted by atomic mass is 10.2. The number of hydrogen-bond acceptors (Lipinski definition) is 3. The molecular weight excluding hydrogens is 296 g/mol. The molecule has 0 radical (unpaired) electrons. The Morgan fingerprint density at radius 1 is 1.09 bits per heavy atom. The molecule has 0 heterocycles. The van der Waals surface area contributed by atoms with Gasteiger partial charge in [0.05, 0.1) is 12.2 Å². The van der Waals surface area contributed by atoms with Crippen molar-refractivity contribution in [1.29, 1.82) is 0 Å². The van der Waals surface area contributed by atoms with Crippen molar-refractivity contribution in [3.8, 4) is 0 Å². The highest BCUT2D eigenvalue weighted by Crippen LogP contribution is 2.13. The summed E-state index contributed by atoms with van der Waals surface area (Å²) in [7, 11) is 0. The van der Waals surface area contributed by atoms with Gasteiger partial charge in [0, 0.05) is 11.4 Å². The Hall–Kier alpha value is -2.40. The average Bonchev–Trinajstić information content (AvgIpc) is 2.48. The standard InChI is InChI=1S/C17H18N2O2S/c1-3-21-16(20)13-7-9-14(10-8-13)18-17(22)19-15-6-4-5-12(2)11-15/h4-11H,3H2,1-2H3,(H2,18,19,22). The third-order valence-corrected chi connectivity index (χ3v) is 3.13. The Labute approximate surface area is 135 Å². The largest absolute Gasteiger partial charge is 0.462 e. The Balaban J connectivity index is 1.95. The van der Waals surface area contributed by atoms with Crippen LogP contribution in [-0.2, 0) is 4.74 Å². The van der Waals surface area contributed by atoms with Gasteiger partial charge in [-0.1, -0.05) is 12.1 Å². The molecule has 2 aromatic carbocycles. The van der Waals surface area contributed by atoms with E-state index in [4.69, 9.17) is 17.0 Å². The van der Waals surface area contributed by atoms with Gasteiger partial charge in [0.2, 0.25) is 0 Å². The summed E-state index contributed by atoms with van der Waals surface area (Å²) in [4.78, 5) is 11.6. The van der Waals surface area contributed by atoms with Crippen molar-refractivity contribution in [2.24, 2.45) is 0 Å². The molecule has 5 heteroatoms. The Bertz CT molecular complexity index is 669. The van der Waals surface area contributed by atoms with Crippen LogP contribution in [0.2, 0.25) is 0 Å². The molecule has 114 valence electrons. The summed E-state index contributed by atoms with van der Waals surface area (Å²) in [5, 5.41) is 6.69. The third kappa shape index (κ3) is 4.56. The Kier molecular flexibility index (Phi) is 5.49. The van der Waals surface area contributed by atoms with Gasteiger partial charge < -0.3 is 15.4 Å². The molecule has 2 N–H and O–H groups in total. The number of benzene rings is 2. The number of carbonyl (C=O) groups excluding carboxylic acids is 1. The van der Waals surface area contributed by atoms with Gasteiger partial charge in [-0.2, -0.15) is 0 Å². The highest BCUT2D eigenvalue weighted by molar-refractivity contribution is 7.80. The van der Waals surface area contributed by atoms with Crippen molar-refractivity contribution in [3.05, 3.63) is 59.7 Å². The van der Waals surface area contributed by atoms with E-state index >= 15 is 0 Å². The number of anilines is 2. The van der Waals surface area contributed by atoms with Crippen molar-refractivity contribution in [2.45, 2.75) is 13.8 Å². The second kappa shape index (κ2) is 7.56. The van der Waals surface area contributed by atoms with E-state index in [1.165, 1.54) is 0 Å². The molecule has 0 saturated carbocycles. The fraction of sp³-hybridized carbons (Fsp3) is 0.176. The zero-order chi connectivity index (χ0) is 15.9. The predicted octanol–water partition coefficient (Wildman–Crippen LogP) is 3.98. The van der Waals surface area contributed by atoms with E-state index < -0.39 is 0 Å². The fourth-order valence-corrected chi connectivity index (χ4v) is 2.16. The van der Waals surface area contributed by atoms with Gasteiger partial charge in [-0.05, 0) is 68.0 Å². The minimum Gasteiger partial charge on any atom is -0.462 e. The first-order valence-electron chi connectivity index (χ1n) is 7.00. The minimum absolute atomic E-state index is 0.325. The summed E-state index contributed by atoms with van der Waals surface area (Å²) >= 11 is 5.27. The minimum atomic E-state index is -0.325. The first-order valence-corrected chi connectivity index (χ1v) is 7.41. The molecule has 4 nitrogen and oxygen atoms in total. The molecule has 0 aliphatic heterocycles. The number of hydrogen-bond donors (Lipinski definition) is 2. The summed E-state index contributed by atoms with van der Waals surface area (Å²) in [6.07, 6.45) is 0. The molecule has 0 aromatic heterocycles. The van der Waals surface area contributed by atoms with E-state index in [9.17, 15) is 4.79 Å². The fourth-order valence-electron chi connectivity index (χ4n) is 1.92. The van der Waals surface area contributed by atoms with Crippen LogP contribution >= 0.6 is 12.2 Å². The van der Waals surface area contributed by atoms with Gasteiger partial charge in [0.1, 0.15) is 0 Å². The normalized spacial score (nSPS) is 9.91. The van der Waals surface area contributed by atoms with Gasteiger partial charge >= 0.3 is 5.97 Å². The van der Waals surface area contributed by atoms with E-state index in [1.807, 2.05) is 31.2 Å². The Morgan fingerprint density at radius 2 is 1.77 bits per heavy atom. The van der Waals surface area contributed by atoms with Crippen molar-refractivity contribution < 1.29 is 9.53 Å². The van der Waals surface area contributed by atoms with Crippen molar-refractivity contribution in [2.75, 3.05) is 17.2 Å². The van der Waals surface area contributed by atoms with Crippen molar-refractivity contribution in [3.63, 3.8) is 0 Å². The molecule has 22 heavy (non-hydrogen) atoms. The van der Waals surface area contributed by atoms with Crippen LogP contribution in [0.3, 0.4) is 0 Å². The number of nitrogens with one attached hydrogen (secondary N) is 2. The third-order valence-electron chi connectivity index (χ3n) is 2.93. The van der Waals surface area contributed by atoms with Crippen molar-refractivity contribution >= 4 is 34.7 Å². The van der Waals surface area contributed by atoms with Crippen LogP contribution in [0.1, 0.15) is 22.8 Å². The SMILES string of the molecule is CCOC(=O)c1ccc(NC(=S)Nc2cccc(C)c2)cc1. The van der Waals surface area contributed by atoms with Crippen LogP contribution in [0.5, 0.6) is 0 Å². The average molecular weight is 314 g/mol. The number of thiocarbonyl (C=S) groups is 1. The summed E-state index contributed by atoms with van der Waals surface area (Å²) in [5.74, 6) is -0.325. The van der Waals surface area contributed by atoms with Crippen LogP contribution < -0.4 is 10.6 Å². The summed E-state index contributed by atoms with van der Waals surface area (Å²) < 4.78 is 4.94. The topological polar surface area (TPSA) is 50.4 Å². The molecule has 0 spiro atoms. The lowest BCUT2D eigenvalue weighted by Gasteiger charge is -2.11. The molecule has 0 bridgehead atoms. The molecule has 0 atom stereocenters. The molecule has 2 rings (SSSR count). The number of ether oxygens (including phenoxy) is 1. The van der Waals surface area contributed by atoms with Gasteiger partial charge in [-0.3, -0.25) is 0 Å². The maximum atomic E-state index is 11.6. The van der Waals surface area contributed by atoms with E-state index in [0.29, 0.717) is 17.3 Å². The van der Waals surface area contributed by atoms with Crippen LogP contribution in [0, 0.1) is 6.92 Å². The first kappa shape index (κ1) is 16.0. The number of rotatable bonds is 4. The summed E-state index contributed by atoms with van der Waals surface area (Å²) in [6, 6.07) is 14.9. The van der Waals surface area contributed by atoms with E-state index in [0.717, 1.165) is 16.9 Å². The highest BCUT2D eigenvalue weighted by atomic mass is 32.1.